The Morgan fingerprint density at radius 3 is 3.00 bits per heavy atom. The zero-order valence-electron chi connectivity index (χ0n) is 8.62. The quantitative estimate of drug-likeness (QED) is 0.831. The second-order valence-electron chi connectivity index (χ2n) is 3.40. The Bertz CT molecular complexity index is 516. The lowest BCUT2D eigenvalue weighted by atomic mass is 10.2. The third-order valence-corrected chi connectivity index (χ3v) is 2.22. The predicted molar refractivity (Wildman–Crippen MR) is 60.4 cm³/mol. The first kappa shape index (κ1) is 9.77. The number of ether oxygens (including phenoxy) is 1. The Kier molecular flexibility index (Phi) is 2.72. The van der Waals surface area contributed by atoms with Crippen molar-refractivity contribution < 1.29 is 4.74 Å². The van der Waals surface area contributed by atoms with Gasteiger partial charge in [-0.2, -0.15) is 0 Å². The van der Waals surface area contributed by atoms with Crippen LogP contribution in [-0.4, -0.2) is 11.6 Å². The van der Waals surface area contributed by atoms with Crippen LogP contribution in [0.1, 0.15) is 13.3 Å². The van der Waals surface area contributed by atoms with Gasteiger partial charge in [-0.25, -0.2) is 0 Å². The maximum absolute atomic E-state index is 11.5. The van der Waals surface area contributed by atoms with E-state index in [0.29, 0.717) is 12.0 Å². The number of hydrogen-bond acceptors (Lipinski definition) is 2. The Labute approximate surface area is 87.7 Å². The largest absolute Gasteiger partial charge is 0.494 e. The third-order valence-electron chi connectivity index (χ3n) is 2.22. The fourth-order valence-electron chi connectivity index (χ4n) is 1.47. The SMILES string of the molecule is CCCOc1ccc2cc[nH]c(=O)c2c1. The standard InChI is InChI=1S/C12H13NO2/c1-2-7-15-10-4-3-9-5-6-13-12(14)11(9)8-10/h3-6,8H,2,7H2,1H3,(H,13,14). The van der Waals surface area contributed by atoms with Crippen LogP contribution in [0.4, 0.5) is 0 Å². The Morgan fingerprint density at radius 2 is 2.20 bits per heavy atom. The van der Waals surface area contributed by atoms with Crippen LogP contribution < -0.4 is 10.3 Å². The van der Waals surface area contributed by atoms with Crippen molar-refractivity contribution in [1.29, 1.82) is 0 Å². The van der Waals surface area contributed by atoms with Crippen LogP contribution in [0.2, 0.25) is 0 Å². The molecule has 0 aliphatic heterocycles. The minimum Gasteiger partial charge on any atom is -0.494 e. The first-order chi connectivity index (χ1) is 7.31. The van der Waals surface area contributed by atoms with Gasteiger partial charge in [-0.3, -0.25) is 4.79 Å². The molecule has 2 aromatic rings. The molecule has 1 heterocycles. The lowest BCUT2D eigenvalue weighted by Crippen LogP contribution is -2.04. The smallest absolute Gasteiger partial charge is 0.255 e. The van der Waals surface area contributed by atoms with Crippen LogP contribution >= 0.6 is 0 Å². The third kappa shape index (κ3) is 2.01. The van der Waals surface area contributed by atoms with Gasteiger partial charge in [-0.1, -0.05) is 13.0 Å². The van der Waals surface area contributed by atoms with Gasteiger partial charge in [-0.15, -0.1) is 0 Å². The molecule has 0 saturated carbocycles. The molecule has 0 aliphatic rings. The molecule has 0 aliphatic carbocycles. The summed E-state index contributed by atoms with van der Waals surface area (Å²) in [5, 5.41) is 1.61. The first-order valence-corrected chi connectivity index (χ1v) is 5.05. The van der Waals surface area contributed by atoms with E-state index in [-0.39, 0.29) is 5.56 Å². The van der Waals surface area contributed by atoms with Gasteiger partial charge >= 0.3 is 0 Å². The van der Waals surface area contributed by atoms with E-state index >= 15 is 0 Å². The molecule has 3 heteroatoms. The van der Waals surface area contributed by atoms with Crippen LogP contribution in [0.5, 0.6) is 5.75 Å². The molecule has 3 nitrogen and oxygen atoms in total. The van der Waals surface area contributed by atoms with E-state index < -0.39 is 0 Å². The average molecular weight is 203 g/mol. The zero-order chi connectivity index (χ0) is 10.7. The van der Waals surface area contributed by atoms with Crippen LogP contribution in [0.3, 0.4) is 0 Å². The second kappa shape index (κ2) is 4.17. The lowest BCUT2D eigenvalue weighted by Gasteiger charge is -2.04. The number of benzene rings is 1. The molecule has 0 spiro atoms. The molecule has 0 saturated heterocycles. The second-order valence-corrected chi connectivity index (χ2v) is 3.40. The molecule has 0 amide bonds. The number of rotatable bonds is 3. The van der Waals surface area contributed by atoms with E-state index in [4.69, 9.17) is 4.74 Å². The van der Waals surface area contributed by atoms with Crippen molar-refractivity contribution in [2.24, 2.45) is 0 Å². The molecule has 0 unspecified atom stereocenters. The summed E-state index contributed by atoms with van der Waals surface area (Å²) in [6.07, 6.45) is 2.61. The first-order valence-electron chi connectivity index (χ1n) is 5.05. The highest BCUT2D eigenvalue weighted by Crippen LogP contribution is 2.17. The van der Waals surface area contributed by atoms with Gasteiger partial charge in [0.25, 0.3) is 5.56 Å². The van der Waals surface area contributed by atoms with Crippen molar-refractivity contribution in [1.82, 2.24) is 4.98 Å². The number of fused-ring (bicyclic) bond motifs is 1. The highest BCUT2D eigenvalue weighted by Gasteiger charge is 1.99. The Hall–Kier alpha value is -1.77. The molecule has 1 aromatic carbocycles. The van der Waals surface area contributed by atoms with Crippen LogP contribution in [-0.2, 0) is 0 Å². The fraction of sp³-hybridized carbons (Fsp3) is 0.250. The summed E-state index contributed by atoms with van der Waals surface area (Å²) in [4.78, 5) is 14.1. The van der Waals surface area contributed by atoms with Crippen molar-refractivity contribution in [2.75, 3.05) is 6.61 Å². The Balaban J connectivity index is 2.45. The predicted octanol–water partition coefficient (Wildman–Crippen LogP) is 2.32. The summed E-state index contributed by atoms with van der Waals surface area (Å²) in [5.41, 5.74) is -0.0746. The van der Waals surface area contributed by atoms with E-state index in [1.165, 1.54) is 0 Å². The van der Waals surface area contributed by atoms with Gasteiger partial charge < -0.3 is 9.72 Å². The summed E-state index contributed by atoms with van der Waals surface area (Å²) in [6, 6.07) is 7.44. The van der Waals surface area contributed by atoms with Gasteiger partial charge in [0.05, 0.1) is 12.0 Å². The number of pyridine rings is 1. The minimum atomic E-state index is -0.0746. The van der Waals surface area contributed by atoms with Crippen molar-refractivity contribution in [3.8, 4) is 5.75 Å². The monoisotopic (exact) mass is 203 g/mol. The van der Waals surface area contributed by atoms with Gasteiger partial charge in [-0.05, 0) is 30.0 Å². The molecule has 78 valence electrons. The molecule has 0 atom stereocenters. The van der Waals surface area contributed by atoms with E-state index in [9.17, 15) is 4.79 Å². The summed E-state index contributed by atoms with van der Waals surface area (Å²) >= 11 is 0. The molecule has 0 bridgehead atoms. The van der Waals surface area contributed by atoms with Crippen LogP contribution in [0.15, 0.2) is 35.3 Å². The summed E-state index contributed by atoms with van der Waals surface area (Å²) in [6.45, 7) is 2.73. The summed E-state index contributed by atoms with van der Waals surface area (Å²) in [7, 11) is 0. The molecule has 0 radical (unpaired) electrons. The van der Waals surface area contributed by atoms with Crippen molar-refractivity contribution >= 4 is 10.8 Å². The molecular formula is C12H13NO2. The number of aromatic amines is 1. The van der Waals surface area contributed by atoms with E-state index in [0.717, 1.165) is 17.6 Å². The van der Waals surface area contributed by atoms with Gasteiger partial charge in [0.1, 0.15) is 5.75 Å². The highest BCUT2D eigenvalue weighted by atomic mass is 16.5. The van der Waals surface area contributed by atoms with Crippen LogP contribution in [0, 0.1) is 0 Å². The summed E-state index contributed by atoms with van der Waals surface area (Å²) < 4.78 is 5.47. The molecule has 15 heavy (non-hydrogen) atoms. The van der Waals surface area contributed by atoms with Crippen molar-refractivity contribution in [3.05, 3.63) is 40.8 Å². The van der Waals surface area contributed by atoms with E-state index in [2.05, 4.69) is 4.98 Å². The Morgan fingerprint density at radius 1 is 1.33 bits per heavy atom. The number of aromatic nitrogens is 1. The zero-order valence-corrected chi connectivity index (χ0v) is 8.62. The van der Waals surface area contributed by atoms with Crippen molar-refractivity contribution in [2.45, 2.75) is 13.3 Å². The number of nitrogens with one attached hydrogen (secondary N) is 1. The normalized spacial score (nSPS) is 10.5. The molecule has 1 N–H and O–H groups in total. The maximum atomic E-state index is 11.5. The van der Waals surface area contributed by atoms with E-state index in [1.54, 1.807) is 12.3 Å². The molecule has 1 aromatic heterocycles. The lowest BCUT2D eigenvalue weighted by molar-refractivity contribution is 0.318. The minimum absolute atomic E-state index is 0.0746. The average Bonchev–Trinajstić information content (AvgIpc) is 2.27. The topological polar surface area (TPSA) is 42.1 Å². The number of H-pyrrole nitrogens is 1. The summed E-state index contributed by atoms with van der Waals surface area (Å²) in [5.74, 6) is 0.751. The molecule has 0 fully saturated rings. The van der Waals surface area contributed by atoms with Gasteiger partial charge in [0.2, 0.25) is 0 Å². The highest BCUT2D eigenvalue weighted by molar-refractivity contribution is 5.82. The van der Waals surface area contributed by atoms with Gasteiger partial charge in [0, 0.05) is 6.20 Å². The molecule has 2 rings (SSSR count). The maximum Gasteiger partial charge on any atom is 0.255 e. The van der Waals surface area contributed by atoms with Crippen molar-refractivity contribution in [3.63, 3.8) is 0 Å². The van der Waals surface area contributed by atoms with Crippen LogP contribution in [0.25, 0.3) is 10.8 Å². The fourth-order valence-corrected chi connectivity index (χ4v) is 1.47. The molecular weight excluding hydrogens is 190 g/mol. The van der Waals surface area contributed by atoms with E-state index in [1.807, 2.05) is 25.1 Å². The van der Waals surface area contributed by atoms with Gasteiger partial charge in [0.15, 0.2) is 0 Å². The number of hydrogen-bond donors (Lipinski definition) is 1.